The number of hydrogen-bond acceptors (Lipinski definition) is 0. The van der Waals surface area contributed by atoms with E-state index in [0.717, 1.165) is 0 Å². The Hall–Kier alpha value is 3.59. The molecule has 0 aromatic rings. The maximum atomic E-state index is 0. The number of hydrogen-bond donors (Lipinski definition) is 0. The molecule has 0 unspecified atom stereocenters. The summed E-state index contributed by atoms with van der Waals surface area (Å²) in [4.78, 5) is 0. The summed E-state index contributed by atoms with van der Waals surface area (Å²) in [6.45, 7) is 0. The first-order valence-electron chi connectivity index (χ1n) is 0. The van der Waals surface area contributed by atoms with Gasteiger partial charge in [0.15, 0.2) is 0 Å². The molecule has 0 aliphatic carbocycles. The average Bonchev–Trinajstić information content (AvgIpc) is 0. The Labute approximate surface area is 105 Å². The summed E-state index contributed by atoms with van der Waals surface area (Å²) in [6, 6.07) is 0. The molecule has 0 heterocycles. The molecule has 0 aromatic carbocycles. The normalized spacial score (nSPS) is 0. The van der Waals surface area contributed by atoms with E-state index in [4.69, 9.17) is 0 Å². The SMILES string of the molecule is [La].[Sn].[Sn].[Sn]. The Morgan fingerprint density at radius 3 is 0.500 bits per heavy atom. The minimum Gasteiger partial charge on any atom is 0 e. The van der Waals surface area contributed by atoms with Gasteiger partial charge in [0, 0.05) is 107 Å². The van der Waals surface area contributed by atoms with E-state index in [2.05, 4.69) is 0 Å². The van der Waals surface area contributed by atoms with Crippen LogP contribution in [0.15, 0.2) is 0 Å². The van der Waals surface area contributed by atoms with Gasteiger partial charge in [-0.25, -0.2) is 0 Å². The smallest absolute Gasteiger partial charge is 0 e. The number of rotatable bonds is 0. The molecule has 13 radical (unpaired) electrons. The second-order valence-corrected chi connectivity index (χ2v) is 0. The first kappa shape index (κ1) is 25.6. The van der Waals surface area contributed by atoms with E-state index in [-0.39, 0.29) is 107 Å². The molecule has 0 amide bonds. The summed E-state index contributed by atoms with van der Waals surface area (Å²) in [6.07, 6.45) is 0. The van der Waals surface area contributed by atoms with E-state index in [1.807, 2.05) is 0 Å². The molecule has 0 N–H and O–H groups in total. The van der Waals surface area contributed by atoms with E-state index >= 15 is 0 Å². The standard InChI is InChI=1S/La.3Sn. The van der Waals surface area contributed by atoms with Gasteiger partial charge in [-0.2, -0.15) is 0 Å². The van der Waals surface area contributed by atoms with Crippen LogP contribution >= 0.6 is 0 Å². The van der Waals surface area contributed by atoms with Gasteiger partial charge in [-0.05, 0) is 0 Å². The minimum absolute atomic E-state index is 0. The van der Waals surface area contributed by atoms with E-state index in [9.17, 15) is 0 Å². The van der Waals surface area contributed by atoms with Crippen molar-refractivity contribution >= 4 is 71.7 Å². The first-order chi connectivity index (χ1) is 0. The van der Waals surface area contributed by atoms with Crippen LogP contribution in [0.1, 0.15) is 0 Å². The molecule has 0 bridgehead atoms. The van der Waals surface area contributed by atoms with Crippen molar-refractivity contribution in [2.24, 2.45) is 0 Å². The molecule has 0 spiro atoms. The molecule has 0 aliphatic heterocycles. The van der Waals surface area contributed by atoms with Gasteiger partial charge in [0.25, 0.3) is 0 Å². The molecule has 0 saturated heterocycles. The molecule has 0 saturated carbocycles. The van der Waals surface area contributed by atoms with Crippen LogP contribution in [0.2, 0.25) is 0 Å². The second-order valence-electron chi connectivity index (χ2n) is 0. The van der Waals surface area contributed by atoms with Crippen molar-refractivity contribution in [1.82, 2.24) is 0 Å². The minimum atomic E-state index is 0. The molecule has 15 valence electrons. The van der Waals surface area contributed by atoms with Crippen LogP contribution in [0.5, 0.6) is 0 Å². The fraction of sp³-hybridized carbons (Fsp3) is 0. The van der Waals surface area contributed by atoms with Gasteiger partial charge in [-0.3, -0.25) is 0 Å². The molecule has 0 fully saturated rings. The Morgan fingerprint density at radius 2 is 0.500 bits per heavy atom. The first-order valence-corrected chi connectivity index (χ1v) is 0. The fourth-order valence-electron chi connectivity index (χ4n) is 0. The van der Waals surface area contributed by atoms with Gasteiger partial charge >= 0.3 is 0 Å². The topological polar surface area (TPSA) is 0 Å². The van der Waals surface area contributed by atoms with E-state index in [0.29, 0.717) is 0 Å². The van der Waals surface area contributed by atoms with E-state index in [1.54, 1.807) is 0 Å². The van der Waals surface area contributed by atoms with Gasteiger partial charge in [-0.15, -0.1) is 0 Å². The van der Waals surface area contributed by atoms with Crippen LogP contribution in [-0.4, -0.2) is 71.7 Å². The molecular weight excluding hydrogens is 495 g/mol. The quantitative estimate of drug-likeness (QED) is 0.373. The Balaban J connectivity index is 0. The third-order valence-corrected chi connectivity index (χ3v) is 0. The van der Waals surface area contributed by atoms with E-state index in [1.165, 1.54) is 0 Å². The molecule has 4 heteroatoms. The van der Waals surface area contributed by atoms with Crippen molar-refractivity contribution in [3.63, 3.8) is 0 Å². The molecule has 4 heavy (non-hydrogen) atoms. The Bertz CT molecular complexity index is 3.25. The van der Waals surface area contributed by atoms with Gasteiger partial charge in [0.1, 0.15) is 0 Å². The van der Waals surface area contributed by atoms with Crippen molar-refractivity contribution < 1.29 is 35.6 Å². The summed E-state index contributed by atoms with van der Waals surface area (Å²) in [5.41, 5.74) is 0. The summed E-state index contributed by atoms with van der Waals surface area (Å²) < 4.78 is 0. The van der Waals surface area contributed by atoms with Crippen LogP contribution in [0.4, 0.5) is 0 Å². The average molecular weight is 495 g/mol. The maximum Gasteiger partial charge on any atom is 0 e. The van der Waals surface area contributed by atoms with Gasteiger partial charge < -0.3 is 0 Å². The van der Waals surface area contributed by atoms with Crippen molar-refractivity contribution in [2.75, 3.05) is 0 Å². The molecule has 0 atom stereocenters. The van der Waals surface area contributed by atoms with E-state index < -0.39 is 0 Å². The monoisotopic (exact) mass is 499 g/mol. The largest absolute Gasteiger partial charge is 0 e. The summed E-state index contributed by atoms with van der Waals surface area (Å²) in [5, 5.41) is 0. The van der Waals surface area contributed by atoms with Crippen molar-refractivity contribution in [3.8, 4) is 0 Å². The molecular formula is LaSn3. The fourth-order valence-corrected chi connectivity index (χ4v) is 0. The third-order valence-electron chi connectivity index (χ3n) is 0. The molecule has 0 rings (SSSR count). The van der Waals surface area contributed by atoms with Crippen LogP contribution < -0.4 is 0 Å². The van der Waals surface area contributed by atoms with Crippen molar-refractivity contribution in [1.29, 1.82) is 0 Å². The predicted octanol–water partition coefficient (Wildman–Crippen LogP) is -1.14. The maximum absolute atomic E-state index is 0. The zero-order valence-electron chi connectivity index (χ0n) is 2.08. The summed E-state index contributed by atoms with van der Waals surface area (Å²) in [5.74, 6) is 0. The Morgan fingerprint density at radius 1 is 0.500 bits per heavy atom. The van der Waals surface area contributed by atoms with Crippen LogP contribution in [0.25, 0.3) is 0 Å². The van der Waals surface area contributed by atoms with Crippen LogP contribution in [0.3, 0.4) is 0 Å². The van der Waals surface area contributed by atoms with Crippen LogP contribution in [0, 0.1) is 35.6 Å². The van der Waals surface area contributed by atoms with Crippen molar-refractivity contribution in [2.45, 2.75) is 0 Å². The zero-order valence-corrected chi connectivity index (χ0v) is 14.3. The zero-order chi connectivity index (χ0) is 0. The van der Waals surface area contributed by atoms with Gasteiger partial charge in [0.2, 0.25) is 0 Å². The predicted molar refractivity (Wildman–Crippen MR) is 17.3 cm³/mol. The molecule has 0 aliphatic rings. The summed E-state index contributed by atoms with van der Waals surface area (Å²) >= 11 is 0. The van der Waals surface area contributed by atoms with Crippen molar-refractivity contribution in [3.05, 3.63) is 0 Å². The molecule has 0 aromatic heterocycles. The summed E-state index contributed by atoms with van der Waals surface area (Å²) in [7, 11) is 0. The van der Waals surface area contributed by atoms with Gasteiger partial charge in [-0.1, -0.05) is 0 Å². The van der Waals surface area contributed by atoms with Crippen LogP contribution in [-0.2, 0) is 0 Å². The molecule has 0 nitrogen and oxygen atoms in total. The van der Waals surface area contributed by atoms with Gasteiger partial charge in [0.05, 0.1) is 0 Å². The Kier molecular flexibility index (Phi) is 102. The third kappa shape index (κ3) is 9.14. The second kappa shape index (κ2) is 16.0.